The minimum absolute atomic E-state index is 0. The van der Waals surface area contributed by atoms with Crippen molar-refractivity contribution in [1.82, 2.24) is 12.3 Å². The second kappa shape index (κ2) is 16.0. The molecule has 0 aliphatic carbocycles. The summed E-state index contributed by atoms with van der Waals surface area (Å²) in [4.78, 5) is 0. The van der Waals surface area contributed by atoms with Gasteiger partial charge in [0, 0.05) is 0 Å². The molecule has 0 fully saturated rings. The summed E-state index contributed by atoms with van der Waals surface area (Å²) in [6, 6.07) is 0. The molecule has 0 radical (unpaired) electrons. The number of hydrogen-bond donors (Lipinski definition) is 3. The van der Waals surface area contributed by atoms with E-state index in [1.807, 2.05) is 0 Å². The van der Waals surface area contributed by atoms with E-state index in [9.17, 15) is 5.11 Å². The molecule has 50 valence electrons. The monoisotopic (exact) mass is 148 g/mol. The smallest absolute Gasteiger partial charge is 0.0691 e. The van der Waals surface area contributed by atoms with Crippen LogP contribution in [0.3, 0.4) is 0 Å². The minimum atomic E-state index is -0.722. The average molecular weight is 149 g/mol. The third-order valence-electron chi connectivity index (χ3n) is 0. The zero-order valence-corrected chi connectivity index (χ0v) is 6.46. The molecular weight excluding hydrogens is 136 g/mol. The van der Waals surface area contributed by atoms with Crippen LogP contribution >= 0.6 is 12.6 Å². The van der Waals surface area contributed by atoms with E-state index in [0.717, 1.165) is 0 Å². The summed E-state index contributed by atoms with van der Waals surface area (Å²) in [5.41, 5.74) is -0.722. The van der Waals surface area contributed by atoms with Crippen LogP contribution in [0.2, 0.25) is 0 Å². The van der Waals surface area contributed by atoms with E-state index in [2.05, 4.69) is 12.6 Å². The molecule has 0 amide bonds. The summed E-state index contributed by atoms with van der Waals surface area (Å²) in [5, 5.41) is 9.39. The Kier molecular flexibility index (Phi) is 59.1. The maximum Gasteiger partial charge on any atom is -0.0691 e. The number of thiol groups is 1. The van der Waals surface area contributed by atoms with Crippen LogP contribution in [-0.4, -0.2) is 5.44 Å². The Balaban J connectivity index is -0.0000000150. The third-order valence-corrected chi connectivity index (χ3v) is 0. The van der Waals surface area contributed by atoms with Crippen LogP contribution in [0.5, 0.6) is 0 Å². The van der Waals surface area contributed by atoms with E-state index in [1.165, 1.54) is 6.92 Å². The number of quaternary nitrogens is 2. The van der Waals surface area contributed by atoms with E-state index in [1.54, 1.807) is 0 Å². The molecule has 0 rings (SSSR count). The van der Waals surface area contributed by atoms with Gasteiger partial charge in [0.25, 0.3) is 0 Å². The highest BCUT2D eigenvalue weighted by Crippen LogP contribution is 1.72. The lowest BCUT2D eigenvalue weighted by Gasteiger charge is -2.01. The predicted octanol–water partition coefficient (Wildman–Crippen LogP) is -2.62. The van der Waals surface area contributed by atoms with E-state index < -0.39 is 5.44 Å². The van der Waals surface area contributed by atoms with Gasteiger partial charge in [0.05, 0.1) is 0 Å². The highest BCUT2D eigenvalue weighted by molar-refractivity contribution is 7.80. The molecule has 0 saturated heterocycles. The molecule has 0 saturated carbocycles. The third kappa shape index (κ3) is 493. The summed E-state index contributed by atoms with van der Waals surface area (Å²) in [7, 11) is 0. The van der Waals surface area contributed by atoms with E-state index in [4.69, 9.17) is 0 Å². The zero-order valence-electron chi connectivity index (χ0n) is 4.81. The SMILES string of the molecule is CC([O-])S.[Cl-].[NH4+].[NH4+]. The molecule has 0 bridgehead atoms. The summed E-state index contributed by atoms with van der Waals surface area (Å²) in [6.45, 7) is 1.48. The fraction of sp³-hybridized carbons (Fsp3) is 1.00. The van der Waals surface area contributed by atoms with Crippen LogP contribution in [0.4, 0.5) is 0 Å². The van der Waals surface area contributed by atoms with E-state index in [-0.39, 0.29) is 24.7 Å². The van der Waals surface area contributed by atoms with Gasteiger partial charge in [0.15, 0.2) is 0 Å². The highest BCUT2D eigenvalue weighted by Gasteiger charge is 1.54. The molecule has 8 N–H and O–H groups in total. The Hall–Kier alpha value is 0.520. The van der Waals surface area contributed by atoms with Crippen molar-refractivity contribution in [3.8, 4) is 0 Å². The second-order valence-electron chi connectivity index (χ2n) is 0.599. The van der Waals surface area contributed by atoms with Gasteiger partial charge in [0.2, 0.25) is 0 Å². The van der Waals surface area contributed by atoms with Crippen molar-refractivity contribution in [3.05, 3.63) is 0 Å². The first-order chi connectivity index (χ1) is 1.73. The van der Waals surface area contributed by atoms with Crippen molar-refractivity contribution < 1.29 is 17.5 Å². The van der Waals surface area contributed by atoms with Gasteiger partial charge in [-0.25, -0.2) is 0 Å². The molecular formula is C2H13ClN2OS. The van der Waals surface area contributed by atoms with Crippen LogP contribution in [0.1, 0.15) is 6.92 Å². The lowest BCUT2D eigenvalue weighted by atomic mass is 10.9. The lowest BCUT2D eigenvalue weighted by molar-refractivity contribution is -0.379. The Labute approximate surface area is 55.5 Å². The molecule has 0 aromatic carbocycles. The normalized spacial score (nSPS) is 9.00. The fourth-order valence-electron chi connectivity index (χ4n) is 0. The first kappa shape index (κ1) is 25.8. The summed E-state index contributed by atoms with van der Waals surface area (Å²) < 4.78 is 0. The molecule has 0 aromatic rings. The Morgan fingerprint density at radius 1 is 1.43 bits per heavy atom. The number of halogens is 1. The number of rotatable bonds is 0. The Morgan fingerprint density at radius 3 is 1.43 bits per heavy atom. The van der Waals surface area contributed by atoms with Crippen LogP contribution < -0.4 is 29.8 Å². The van der Waals surface area contributed by atoms with Gasteiger partial charge >= 0.3 is 0 Å². The van der Waals surface area contributed by atoms with Crippen LogP contribution in [0.25, 0.3) is 0 Å². The Morgan fingerprint density at radius 2 is 1.43 bits per heavy atom. The molecule has 0 aliphatic heterocycles. The topological polar surface area (TPSA) is 96.1 Å². The molecule has 7 heavy (non-hydrogen) atoms. The van der Waals surface area contributed by atoms with Crippen molar-refractivity contribution in [2.75, 3.05) is 0 Å². The van der Waals surface area contributed by atoms with Crippen LogP contribution in [-0.2, 0) is 0 Å². The van der Waals surface area contributed by atoms with Gasteiger partial charge in [-0.2, -0.15) is 12.6 Å². The van der Waals surface area contributed by atoms with Crippen LogP contribution in [0, 0.1) is 0 Å². The molecule has 3 nitrogen and oxygen atoms in total. The zero-order chi connectivity index (χ0) is 3.58. The molecule has 5 heteroatoms. The Bertz CT molecular complexity index is 20.4. The first-order valence-corrected chi connectivity index (χ1v) is 1.59. The summed E-state index contributed by atoms with van der Waals surface area (Å²) in [5.74, 6) is 0. The maximum atomic E-state index is 9.39. The van der Waals surface area contributed by atoms with Crippen LogP contribution in [0.15, 0.2) is 0 Å². The molecule has 0 aliphatic rings. The maximum absolute atomic E-state index is 9.39. The van der Waals surface area contributed by atoms with Crippen molar-refractivity contribution >= 4 is 12.6 Å². The molecule has 1 unspecified atom stereocenters. The molecule has 0 spiro atoms. The highest BCUT2D eigenvalue weighted by atomic mass is 35.5. The van der Waals surface area contributed by atoms with Gasteiger partial charge in [0.1, 0.15) is 0 Å². The standard InChI is InChI=1S/C2H5OS.ClH.2H3N/c1-2(3)4;;;/h2,4H,1H3;1H;2*1H3/q-1;;;/p+1. The van der Waals surface area contributed by atoms with E-state index >= 15 is 0 Å². The van der Waals surface area contributed by atoms with Gasteiger partial charge in [-0.3, -0.25) is 0 Å². The summed E-state index contributed by atoms with van der Waals surface area (Å²) in [6.07, 6.45) is 0. The average Bonchev–Trinajstić information content (AvgIpc) is 0.811. The van der Waals surface area contributed by atoms with Crippen molar-refractivity contribution in [3.63, 3.8) is 0 Å². The van der Waals surface area contributed by atoms with Crippen molar-refractivity contribution in [1.29, 1.82) is 0 Å². The quantitative estimate of drug-likeness (QED) is 0.255. The first-order valence-electron chi connectivity index (χ1n) is 1.07. The molecule has 0 heterocycles. The summed E-state index contributed by atoms with van der Waals surface area (Å²) >= 11 is 3.41. The predicted molar refractivity (Wildman–Crippen MR) is 30.4 cm³/mol. The fourth-order valence-corrected chi connectivity index (χ4v) is 0. The van der Waals surface area contributed by atoms with Gasteiger partial charge in [-0.15, -0.1) is 0 Å². The van der Waals surface area contributed by atoms with Gasteiger partial charge in [-0.1, -0.05) is 12.4 Å². The van der Waals surface area contributed by atoms with Gasteiger partial charge in [-0.05, 0) is 0 Å². The molecule has 1 atom stereocenters. The minimum Gasteiger partial charge on any atom is -1.00 e. The molecule has 0 aromatic heterocycles. The van der Waals surface area contributed by atoms with E-state index in [0.29, 0.717) is 0 Å². The van der Waals surface area contributed by atoms with Crippen molar-refractivity contribution in [2.24, 2.45) is 0 Å². The lowest BCUT2D eigenvalue weighted by Crippen LogP contribution is -3.00. The largest absolute Gasteiger partial charge is 1.00 e. The second-order valence-corrected chi connectivity index (χ2v) is 1.33. The van der Waals surface area contributed by atoms with Crippen molar-refractivity contribution in [2.45, 2.75) is 12.4 Å². The van der Waals surface area contributed by atoms with Gasteiger partial charge < -0.3 is 29.8 Å². The number of hydrogen-bond acceptors (Lipinski definition) is 2.